The number of esters is 1. The van der Waals surface area contributed by atoms with Gasteiger partial charge in [-0.05, 0) is 64.2 Å². The molecule has 292 valence electrons. The van der Waals surface area contributed by atoms with Crippen molar-refractivity contribution < 1.29 is 42.7 Å². The maximum atomic E-state index is 13.7. The van der Waals surface area contributed by atoms with Crippen molar-refractivity contribution >= 4 is 35.6 Å². The first kappa shape index (κ1) is 42.8. The molecule has 3 aromatic rings. The van der Waals surface area contributed by atoms with E-state index in [2.05, 4.69) is 31.5 Å². The van der Waals surface area contributed by atoms with Crippen LogP contribution in [0.4, 0.5) is 4.79 Å². The summed E-state index contributed by atoms with van der Waals surface area (Å²) in [6, 6.07) is 13.3. The third kappa shape index (κ3) is 13.7. The molecule has 4 amide bonds. The number of alkyl carbamates (subject to hydrolysis) is 1. The highest BCUT2D eigenvalue weighted by atomic mass is 16.6. The molecule has 15 heteroatoms. The lowest BCUT2D eigenvalue weighted by molar-refractivity contribution is -0.155. The summed E-state index contributed by atoms with van der Waals surface area (Å²) < 4.78 is 16.3. The molecule has 1 aromatic heterocycles. The number of nitrogens with zero attached hydrogens (tertiary/aromatic N) is 2. The summed E-state index contributed by atoms with van der Waals surface area (Å²) in [5.74, 6) is -3.83. The van der Waals surface area contributed by atoms with Crippen molar-refractivity contribution in [3.8, 4) is 11.5 Å². The van der Waals surface area contributed by atoms with Gasteiger partial charge in [0.15, 0.2) is 0 Å². The van der Waals surface area contributed by atoms with E-state index in [9.17, 15) is 28.8 Å². The van der Waals surface area contributed by atoms with Gasteiger partial charge in [0.1, 0.15) is 30.3 Å². The number of ketones is 1. The predicted octanol–water partition coefficient (Wildman–Crippen LogP) is 4.66. The molecule has 3 rings (SSSR count). The number of carbonyl (C=O) groups excluding carboxylic acids is 6. The molecule has 4 N–H and O–H groups in total. The number of carbonyl (C=O) groups is 6. The number of nitrogens with one attached hydrogen (secondary N) is 4. The van der Waals surface area contributed by atoms with E-state index in [-0.39, 0.29) is 43.6 Å². The quantitative estimate of drug-likeness (QED) is 0.0980. The lowest BCUT2D eigenvalue weighted by Crippen LogP contribution is -2.58. The molecule has 0 fully saturated rings. The molecule has 1 heterocycles. The molecule has 0 saturated carbocycles. The molecule has 0 aliphatic heterocycles. The Hall–Kier alpha value is -5.60. The third-order valence-corrected chi connectivity index (χ3v) is 8.29. The Kier molecular flexibility index (Phi) is 16.3. The van der Waals surface area contributed by atoms with E-state index >= 15 is 0 Å². The Morgan fingerprint density at radius 2 is 1.39 bits per heavy atom. The summed E-state index contributed by atoms with van der Waals surface area (Å²) in [5, 5.41) is 18.3. The monoisotopic (exact) mass is 748 g/mol. The van der Waals surface area contributed by atoms with Gasteiger partial charge in [-0.2, -0.15) is 0 Å². The minimum atomic E-state index is -1.31. The van der Waals surface area contributed by atoms with E-state index in [0.29, 0.717) is 18.4 Å². The summed E-state index contributed by atoms with van der Waals surface area (Å²) in [6.45, 7) is 11.9. The molecule has 2 aromatic carbocycles. The van der Waals surface area contributed by atoms with Gasteiger partial charge in [0, 0.05) is 12.0 Å². The van der Waals surface area contributed by atoms with Crippen molar-refractivity contribution in [2.24, 2.45) is 5.92 Å². The van der Waals surface area contributed by atoms with Crippen molar-refractivity contribution in [2.75, 3.05) is 0 Å². The predicted molar refractivity (Wildman–Crippen MR) is 199 cm³/mol. The average molecular weight is 749 g/mol. The molecular weight excluding hydrogens is 696 g/mol. The number of hydrogen-bond donors (Lipinski definition) is 4. The number of benzene rings is 2. The van der Waals surface area contributed by atoms with Crippen LogP contribution in [-0.2, 0) is 35.3 Å². The van der Waals surface area contributed by atoms with Gasteiger partial charge in [-0.25, -0.2) is 4.79 Å². The number of aromatic nitrogens is 2. The van der Waals surface area contributed by atoms with Gasteiger partial charge in [-0.1, -0.05) is 82.1 Å². The molecule has 0 saturated heterocycles. The van der Waals surface area contributed by atoms with E-state index in [1.54, 1.807) is 76.2 Å². The number of Topliss-reactive ketones (excluding diaryl/α,β-unsaturated/α-hetero) is 1. The minimum absolute atomic E-state index is 0.0171. The van der Waals surface area contributed by atoms with Crippen LogP contribution in [0.1, 0.15) is 96.8 Å². The highest BCUT2D eigenvalue weighted by Gasteiger charge is 2.33. The zero-order valence-corrected chi connectivity index (χ0v) is 32.0. The number of ether oxygens (including phenoxy) is 2. The van der Waals surface area contributed by atoms with Crippen LogP contribution in [0.2, 0.25) is 0 Å². The van der Waals surface area contributed by atoms with E-state index in [0.717, 1.165) is 5.56 Å². The van der Waals surface area contributed by atoms with Crippen LogP contribution < -0.4 is 21.3 Å². The smallest absolute Gasteiger partial charge is 0.408 e. The fraction of sp³-hybridized carbons (Fsp3) is 0.487. The zero-order chi connectivity index (χ0) is 39.8. The first-order valence-electron chi connectivity index (χ1n) is 18.1. The summed E-state index contributed by atoms with van der Waals surface area (Å²) in [5.41, 5.74) is 0.596. The van der Waals surface area contributed by atoms with Crippen molar-refractivity contribution in [2.45, 2.75) is 117 Å². The molecule has 54 heavy (non-hydrogen) atoms. The van der Waals surface area contributed by atoms with Crippen molar-refractivity contribution in [3.05, 3.63) is 72.1 Å². The minimum Gasteiger partial charge on any atom is -0.460 e. The fourth-order valence-corrected chi connectivity index (χ4v) is 5.18. The Bertz CT molecular complexity index is 1710. The highest BCUT2D eigenvalue weighted by Crippen LogP contribution is 2.19. The second-order valence-electron chi connectivity index (χ2n) is 14.0. The largest absolute Gasteiger partial charge is 0.460 e. The van der Waals surface area contributed by atoms with Crippen LogP contribution in [0.25, 0.3) is 11.5 Å². The number of hydrogen-bond acceptors (Lipinski definition) is 11. The van der Waals surface area contributed by atoms with Gasteiger partial charge in [-0.15, -0.1) is 10.2 Å². The molecular formula is C39H52N6O9. The normalized spacial score (nSPS) is 14.0. The van der Waals surface area contributed by atoms with Gasteiger partial charge in [0.2, 0.25) is 29.4 Å². The molecule has 0 aliphatic carbocycles. The van der Waals surface area contributed by atoms with Crippen LogP contribution in [-0.4, -0.2) is 75.5 Å². The molecule has 0 radical (unpaired) electrons. The molecule has 5 atom stereocenters. The van der Waals surface area contributed by atoms with Gasteiger partial charge in [-0.3, -0.25) is 24.0 Å². The molecule has 0 bridgehead atoms. The zero-order valence-electron chi connectivity index (χ0n) is 32.0. The maximum absolute atomic E-state index is 13.7. The summed E-state index contributed by atoms with van der Waals surface area (Å²) in [6.07, 6.45) is 0.0374. The lowest BCUT2D eigenvalue weighted by Gasteiger charge is -2.27. The average Bonchev–Trinajstić information content (AvgIpc) is 3.64. The van der Waals surface area contributed by atoms with Crippen LogP contribution in [0.3, 0.4) is 0 Å². The van der Waals surface area contributed by atoms with Gasteiger partial charge >= 0.3 is 12.1 Å². The SMILES string of the molecule is CCC[C@H](NC(=O)[C@H](C)NC(=O)[C@H](CCC(=O)OC(C)(C)C)NC(=O)[C@@H](NC(=O)OCc1ccccc1)[C@@H](C)CC)C(=O)c1nnc(-c2ccccc2)o1. The lowest BCUT2D eigenvalue weighted by atomic mass is 9.97. The van der Waals surface area contributed by atoms with E-state index in [4.69, 9.17) is 13.9 Å². The van der Waals surface area contributed by atoms with Gasteiger partial charge in [0.25, 0.3) is 5.89 Å². The Labute approximate surface area is 315 Å². The summed E-state index contributed by atoms with van der Waals surface area (Å²) in [4.78, 5) is 79.4. The van der Waals surface area contributed by atoms with E-state index < -0.39 is 65.3 Å². The third-order valence-electron chi connectivity index (χ3n) is 8.29. The summed E-state index contributed by atoms with van der Waals surface area (Å²) in [7, 11) is 0. The first-order chi connectivity index (χ1) is 25.6. The van der Waals surface area contributed by atoms with Gasteiger partial charge < -0.3 is 35.2 Å². The second-order valence-corrected chi connectivity index (χ2v) is 14.0. The van der Waals surface area contributed by atoms with Crippen LogP contribution in [0.15, 0.2) is 65.1 Å². The maximum Gasteiger partial charge on any atom is 0.408 e. The van der Waals surface area contributed by atoms with Crippen molar-refractivity contribution in [1.82, 2.24) is 31.5 Å². The molecule has 0 spiro atoms. The van der Waals surface area contributed by atoms with Crippen LogP contribution in [0.5, 0.6) is 0 Å². The fourth-order valence-electron chi connectivity index (χ4n) is 5.18. The van der Waals surface area contributed by atoms with E-state index in [1.165, 1.54) is 6.92 Å². The number of rotatable bonds is 19. The highest BCUT2D eigenvalue weighted by molar-refractivity contribution is 6.00. The molecule has 15 nitrogen and oxygen atoms in total. The molecule has 0 aliphatic rings. The summed E-state index contributed by atoms with van der Waals surface area (Å²) >= 11 is 0. The Morgan fingerprint density at radius 3 is 2.00 bits per heavy atom. The second kappa shape index (κ2) is 20.6. The molecule has 0 unspecified atom stereocenters. The van der Waals surface area contributed by atoms with E-state index in [1.807, 2.05) is 26.0 Å². The van der Waals surface area contributed by atoms with Gasteiger partial charge in [0.05, 0.1) is 6.04 Å². The first-order valence-corrected chi connectivity index (χ1v) is 18.1. The van der Waals surface area contributed by atoms with Crippen molar-refractivity contribution in [3.63, 3.8) is 0 Å². The number of amides is 4. The Balaban J connectivity index is 1.72. The van der Waals surface area contributed by atoms with Crippen LogP contribution >= 0.6 is 0 Å². The Morgan fingerprint density at radius 1 is 0.759 bits per heavy atom. The topological polar surface area (TPSA) is 208 Å². The standard InChI is InChI=1S/C39H52N6O9/c1-8-16-28(32(47)37-45-44-36(53-37)27-19-14-11-15-20-27)41-33(48)25(4)40-34(49)29(21-22-30(46)54-39(5,6)7)42-35(50)31(24(3)9-2)43-38(51)52-23-26-17-12-10-13-18-26/h10-15,17-20,24-25,28-29,31H,8-9,16,21-23H2,1-7H3,(H,40,49)(H,41,48)(H,42,50)(H,43,51)/t24-,25-,28-,29-,31-/m0/s1. The van der Waals surface area contributed by atoms with Crippen molar-refractivity contribution in [1.29, 1.82) is 0 Å². The van der Waals surface area contributed by atoms with Crippen LogP contribution in [0, 0.1) is 5.92 Å².